The average Bonchev–Trinajstić information content (AvgIpc) is 2.32. The Morgan fingerprint density at radius 1 is 1.45 bits per heavy atom. The lowest BCUT2D eigenvalue weighted by atomic mass is 10.1. The highest BCUT2D eigenvalue weighted by atomic mass is 32.2. The van der Waals surface area contributed by atoms with Crippen molar-refractivity contribution in [1.29, 1.82) is 0 Å². The average molecular weight is 178 g/mol. The van der Waals surface area contributed by atoms with Gasteiger partial charge in [0.2, 0.25) is 0 Å². The summed E-state index contributed by atoms with van der Waals surface area (Å²) in [5.74, 6) is 0.217. The first-order valence-electron chi connectivity index (χ1n) is 3.83. The molecule has 0 saturated heterocycles. The molecule has 0 heterocycles. The summed E-state index contributed by atoms with van der Waals surface area (Å²) in [6.07, 6.45) is 3.51. The molecular weight excluding hydrogens is 164 g/mol. The molecule has 0 aromatic heterocycles. The van der Waals surface area contributed by atoms with E-state index in [1.807, 2.05) is 0 Å². The predicted molar refractivity (Wildman–Crippen MR) is 43.1 cm³/mol. The first-order chi connectivity index (χ1) is 5.04. The molecule has 1 fully saturated rings. The van der Waals surface area contributed by atoms with Gasteiger partial charge in [0.1, 0.15) is 9.84 Å². The summed E-state index contributed by atoms with van der Waals surface area (Å²) in [5, 5.41) is 8.56. The van der Waals surface area contributed by atoms with E-state index in [2.05, 4.69) is 0 Å². The van der Waals surface area contributed by atoms with Gasteiger partial charge in [-0.15, -0.1) is 0 Å². The van der Waals surface area contributed by atoms with Crippen LogP contribution in [0.4, 0.5) is 0 Å². The van der Waals surface area contributed by atoms with E-state index < -0.39 is 9.84 Å². The third-order valence-corrected chi connectivity index (χ3v) is 4.00. The van der Waals surface area contributed by atoms with E-state index in [1.54, 1.807) is 0 Å². The van der Waals surface area contributed by atoms with E-state index in [1.165, 1.54) is 6.26 Å². The van der Waals surface area contributed by atoms with Crippen molar-refractivity contribution in [3.05, 3.63) is 0 Å². The van der Waals surface area contributed by atoms with Crippen LogP contribution in [0.25, 0.3) is 0 Å². The zero-order chi connectivity index (χ0) is 8.48. The van der Waals surface area contributed by atoms with E-state index in [-0.39, 0.29) is 17.8 Å². The van der Waals surface area contributed by atoms with Gasteiger partial charge in [-0.2, -0.15) is 0 Å². The molecule has 0 amide bonds. The quantitative estimate of drug-likeness (QED) is 0.657. The third-order valence-electron chi connectivity index (χ3n) is 2.36. The van der Waals surface area contributed by atoms with Crippen molar-refractivity contribution in [3.63, 3.8) is 0 Å². The van der Waals surface area contributed by atoms with Gasteiger partial charge in [-0.3, -0.25) is 0 Å². The van der Waals surface area contributed by atoms with E-state index in [9.17, 15) is 8.42 Å². The minimum atomic E-state index is -2.86. The third kappa shape index (κ3) is 2.17. The van der Waals surface area contributed by atoms with Crippen LogP contribution in [0.3, 0.4) is 0 Å². The van der Waals surface area contributed by atoms with Crippen molar-refractivity contribution in [3.8, 4) is 0 Å². The molecule has 1 N–H and O–H groups in total. The Labute approximate surface area is 67.3 Å². The molecule has 66 valence electrons. The standard InChI is InChI=1S/C7H14O3S/c1-11(9,10)7-3-2-6(4-7)5-8/h6-8H,2-5H2,1H3/t6-,7+/m1/s1. The molecule has 0 unspecified atom stereocenters. The van der Waals surface area contributed by atoms with Crippen LogP contribution in [-0.4, -0.2) is 31.6 Å². The van der Waals surface area contributed by atoms with Crippen LogP contribution < -0.4 is 0 Å². The molecule has 0 aromatic carbocycles. The molecule has 0 radical (unpaired) electrons. The van der Waals surface area contributed by atoms with Crippen LogP contribution in [0, 0.1) is 5.92 Å². The lowest BCUT2D eigenvalue weighted by Crippen LogP contribution is -2.16. The van der Waals surface area contributed by atoms with Crippen LogP contribution in [0.15, 0.2) is 0 Å². The fourth-order valence-electron chi connectivity index (χ4n) is 1.58. The van der Waals surface area contributed by atoms with Gasteiger partial charge >= 0.3 is 0 Å². The molecule has 0 aromatic rings. The predicted octanol–water partition coefficient (Wildman–Crippen LogP) is 0.192. The number of hydrogen-bond acceptors (Lipinski definition) is 3. The van der Waals surface area contributed by atoms with Gasteiger partial charge in [-0.25, -0.2) is 8.42 Å². The second-order valence-corrected chi connectivity index (χ2v) is 5.64. The minimum Gasteiger partial charge on any atom is -0.396 e. The van der Waals surface area contributed by atoms with Crippen LogP contribution in [-0.2, 0) is 9.84 Å². The molecule has 1 aliphatic carbocycles. The van der Waals surface area contributed by atoms with Crippen LogP contribution in [0.1, 0.15) is 19.3 Å². The molecule has 0 spiro atoms. The maximum atomic E-state index is 11.0. The summed E-state index contributed by atoms with van der Waals surface area (Å²) in [6.45, 7) is 0.131. The summed E-state index contributed by atoms with van der Waals surface area (Å²) in [6, 6.07) is 0. The van der Waals surface area contributed by atoms with Crippen molar-refractivity contribution in [1.82, 2.24) is 0 Å². The second kappa shape index (κ2) is 3.11. The smallest absolute Gasteiger partial charge is 0.150 e. The molecule has 1 rings (SSSR count). The van der Waals surface area contributed by atoms with Gasteiger partial charge in [0.15, 0.2) is 0 Å². The van der Waals surface area contributed by atoms with Gasteiger partial charge in [-0.1, -0.05) is 0 Å². The van der Waals surface area contributed by atoms with Crippen molar-refractivity contribution >= 4 is 9.84 Å². The maximum Gasteiger partial charge on any atom is 0.150 e. The summed E-state index contributed by atoms with van der Waals surface area (Å²) in [5.41, 5.74) is 0. The molecule has 1 saturated carbocycles. The minimum absolute atomic E-state index is 0.131. The normalized spacial score (nSPS) is 32.5. The van der Waals surface area contributed by atoms with E-state index in [4.69, 9.17) is 5.11 Å². The first-order valence-corrected chi connectivity index (χ1v) is 5.79. The van der Waals surface area contributed by atoms with E-state index >= 15 is 0 Å². The summed E-state index contributed by atoms with van der Waals surface area (Å²) >= 11 is 0. The number of hydrogen-bond donors (Lipinski definition) is 1. The van der Waals surface area contributed by atoms with Gasteiger partial charge in [0.05, 0.1) is 5.25 Å². The van der Waals surface area contributed by atoms with Crippen molar-refractivity contribution in [2.45, 2.75) is 24.5 Å². The highest BCUT2D eigenvalue weighted by molar-refractivity contribution is 7.91. The molecule has 4 heteroatoms. The molecular formula is C7H14O3S. The number of sulfone groups is 1. The van der Waals surface area contributed by atoms with Crippen molar-refractivity contribution in [2.75, 3.05) is 12.9 Å². The largest absolute Gasteiger partial charge is 0.396 e. The highest BCUT2D eigenvalue weighted by Crippen LogP contribution is 2.29. The summed E-state index contributed by atoms with van der Waals surface area (Å²) in [4.78, 5) is 0. The first kappa shape index (κ1) is 9.00. The lowest BCUT2D eigenvalue weighted by Gasteiger charge is -2.06. The highest BCUT2D eigenvalue weighted by Gasteiger charge is 2.30. The number of aliphatic hydroxyl groups excluding tert-OH is 1. The zero-order valence-corrected chi connectivity index (χ0v) is 7.47. The van der Waals surface area contributed by atoms with E-state index in [0.29, 0.717) is 6.42 Å². The van der Waals surface area contributed by atoms with Gasteiger partial charge in [0.25, 0.3) is 0 Å². The van der Waals surface area contributed by atoms with Crippen molar-refractivity contribution < 1.29 is 13.5 Å². The molecule has 11 heavy (non-hydrogen) atoms. The fourth-order valence-corrected chi connectivity index (χ4v) is 2.77. The summed E-state index contributed by atoms with van der Waals surface area (Å²) < 4.78 is 22.0. The SMILES string of the molecule is CS(=O)(=O)[C@H]1CC[C@@H](CO)C1. The van der Waals surface area contributed by atoms with Gasteiger partial charge in [-0.05, 0) is 25.2 Å². The molecule has 0 bridgehead atoms. The monoisotopic (exact) mass is 178 g/mol. The fraction of sp³-hybridized carbons (Fsp3) is 1.00. The Morgan fingerprint density at radius 2 is 2.09 bits per heavy atom. The van der Waals surface area contributed by atoms with Crippen molar-refractivity contribution in [2.24, 2.45) is 5.92 Å². The second-order valence-electron chi connectivity index (χ2n) is 3.31. The molecule has 1 aliphatic rings. The molecule has 0 aliphatic heterocycles. The lowest BCUT2D eigenvalue weighted by molar-refractivity contribution is 0.230. The topological polar surface area (TPSA) is 54.4 Å². The Balaban J connectivity index is 2.55. The van der Waals surface area contributed by atoms with Gasteiger partial charge in [0, 0.05) is 12.9 Å². The number of rotatable bonds is 2. The Bertz CT molecular complexity index is 220. The zero-order valence-electron chi connectivity index (χ0n) is 6.66. The molecule has 3 nitrogen and oxygen atoms in total. The van der Waals surface area contributed by atoms with Crippen LogP contribution in [0.2, 0.25) is 0 Å². The van der Waals surface area contributed by atoms with E-state index in [0.717, 1.165) is 12.8 Å². The van der Waals surface area contributed by atoms with Crippen LogP contribution >= 0.6 is 0 Å². The van der Waals surface area contributed by atoms with Crippen LogP contribution in [0.5, 0.6) is 0 Å². The maximum absolute atomic E-state index is 11.0. The van der Waals surface area contributed by atoms with Gasteiger partial charge < -0.3 is 5.11 Å². The Hall–Kier alpha value is -0.0900. The molecule has 2 atom stereocenters. The Morgan fingerprint density at radius 3 is 2.36 bits per heavy atom. The Kier molecular flexibility index (Phi) is 2.54. The summed E-state index contributed by atoms with van der Waals surface area (Å²) in [7, 11) is -2.86. The number of aliphatic hydroxyl groups is 1.